The number of hydrogen-bond acceptors (Lipinski definition) is 6. The molecular weight excluding hydrogens is 418 g/mol. The van der Waals surface area contributed by atoms with Gasteiger partial charge in [0.1, 0.15) is 15.8 Å². The molecule has 2 rings (SSSR count). The number of aromatic nitrogens is 2. The van der Waals surface area contributed by atoms with E-state index in [1.165, 1.54) is 4.68 Å². The molecule has 27 heavy (non-hydrogen) atoms. The van der Waals surface area contributed by atoms with E-state index in [0.717, 1.165) is 24.2 Å². The highest BCUT2D eigenvalue weighted by Crippen LogP contribution is 2.31. The van der Waals surface area contributed by atoms with E-state index in [-0.39, 0.29) is 12.0 Å². The van der Waals surface area contributed by atoms with Gasteiger partial charge in [-0.05, 0) is 76.7 Å². The van der Waals surface area contributed by atoms with Gasteiger partial charge in [0.05, 0.1) is 0 Å². The maximum Gasteiger partial charge on any atom is 0.425 e. The van der Waals surface area contributed by atoms with E-state index < -0.39 is 23.4 Å². The van der Waals surface area contributed by atoms with Crippen molar-refractivity contribution in [2.75, 3.05) is 11.5 Å². The highest BCUT2D eigenvalue weighted by atomic mass is 79.9. The summed E-state index contributed by atoms with van der Waals surface area (Å²) < 4.78 is 18.6. The number of imide groups is 1. The van der Waals surface area contributed by atoms with Crippen LogP contribution in [0.2, 0.25) is 0 Å². The fourth-order valence-electron chi connectivity index (χ4n) is 2.53. The van der Waals surface area contributed by atoms with Crippen molar-refractivity contribution in [1.29, 1.82) is 0 Å². The molecule has 1 fully saturated rings. The Kier molecular flexibility index (Phi) is 6.57. The molecule has 0 aromatic carbocycles. The summed E-state index contributed by atoms with van der Waals surface area (Å²) in [5, 5.41) is 4.36. The maximum atomic E-state index is 12.8. The highest BCUT2D eigenvalue weighted by Gasteiger charge is 2.36. The van der Waals surface area contributed by atoms with E-state index in [2.05, 4.69) is 21.0 Å². The van der Waals surface area contributed by atoms with Crippen LogP contribution in [-0.2, 0) is 14.2 Å². The Morgan fingerprint density at radius 3 is 2.15 bits per heavy atom. The Labute approximate surface area is 168 Å². The van der Waals surface area contributed by atoms with E-state index in [1.807, 2.05) is 0 Å². The van der Waals surface area contributed by atoms with Gasteiger partial charge in [0.25, 0.3) is 0 Å². The lowest BCUT2D eigenvalue weighted by molar-refractivity contribution is -0.0388. The zero-order valence-electron chi connectivity index (χ0n) is 16.7. The first-order chi connectivity index (χ1) is 12.4. The van der Waals surface area contributed by atoms with Crippen molar-refractivity contribution < 1.29 is 23.8 Å². The van der Waals surface area contributed by atoms with E-state index in [1.54, 1.807) is 47.6 Å². The molecular formula is C18H28BrN3O5. The molecule has 0 aliphatic carbocycles. The zero-order chi connectivity index (χ0) is 20.4. The van der Waals surface area contributed by atoms with Crippen molar-refractivity contribution in [3.63, 3.8) is 0 Å². The first kappa shape index (κ1) is 21.7. The Morgan fingerprint density at radius 1 is 1.15 bits per heavy atom. The first-order valence-corrected chi connectivity index (χ1v) is 9.79. The molecule has 9 heteroatoms. The predicted octanol–water partition coefficient (Wildman–Crippen LogP) is 5.02. The fourth-order valence-corrected chi connectivity index (χ4v) is 2.90. The van der Waals surface area contributed by atoms with Crippen LogP contribution in [0.5, 0.6) is 0 Å². The topological polar surface area (TPSA) is 82.9 Å². The molecule has 1 atom stereocenters. The van der Waals surface area contributed by atoms with Gasteiger partial charge in [-0.15, -0.1) is 0 Å². The van der Waals surface area contributed by atoms with Crippen LogP contribution in [0.15, 0.2) is 10.7 Å². The summed E-state index contributed by atoms with van der Waals surface area (Å²) in [6.07, 6.45) is 0.642. The van der Waals surface area contributed by atoms with Gasteiger partial charge in [0, 0.05) is 12.7 Å². The molecule has 2 heterocycles. The lowest BCUT2D eigenvalue weighted by Gasteiger charge is -2.30. The first-order valence-electron chi connectivity index (χ1n) is 9.00. The lowest BCUT2D eigenvalue weighted by atomic mass is 10.2. The molecule has 0 saturated carbocycles. The molecule has 0 spiro atoms. The normalized spacial score (nSPS) is 18.1. The number of carbonyl (C=O) groups is 2. The maximum absolute atomic E-state index is 12.8. The highest BCUT2D eigenvalue weighted by molar-refractivity contribution is 9.10. The van der Waals surface area contributed by atoms with E-state index in [0.29, 0.717) is 11.2 Å². The molecule has 0 bridgehead atoms. The third-order valence-corrected chi connectivity index (χ3v) is 3.88. The molecule has 1 aliphatic rings. The van der Waals surface area contributed by atoms with Crippen LogP contribution in [0.4, 0.5) is 15.4 Å². The van der Waals surface area contributed by atoms with Crippen molar-refractivity contribution in [2.45, 2.75) is 78.2 Å². The predicted molar refractivity (Wildman–Crippen MR) is 104 cm³/mol. The summed E-state index contributed by atoms with van der Waals surface area (Å²) in [7, 11) is 0. The van der Waals surface area contributed by atoms with Gasteiger partial charge in [0.2, 0.25) is 0 Å². The molecule has 0 radical (unpaired) electrons. The molecule has 1 aromatic rings. The van der Waals surface area contributed by atoms with Crippen LogP contribution in [0.25, 0.3) is 0 Å². The third-order valence-electron chi connectivity index (χ3n) is 3.50. The zero-order valence-corrected chi connectivity index (χ0v) is 18.3. The van der Waals surface area contributed by atoms with E-state index in [4.69, 9.17) is 14.2 Å². The summed E-state index contributed by atoms with van der Waals surface area (Å²) in [6.45, 7) is 11.0. The van der Waals surface area contributed by atoms with Gasteiger partial charge >= 0.3 is 12.2 Å². The Balaban J connectivity index is 2.43. The quantitative estimate of drug-likeness (QED) is 0.635. The van der Waals surface area contributed by atoms with Crippen LogP contribution in [0, 0.1) is 0 Å². The Morgan fingerprint density at radius 2 is 1.70 bits per heavy atom. The van der Waals surface area contributed by atoms with Crippen molar-refractivity contribution >= 4 is 33.9 Å². The van der Waals surface area contributed by atoms with Crippen LogP contribution >= 0.6 is 15.9 Å². The number of halogens is 1. The average molecular weight is 446 g/mol. The average Bonchev–Trinajstić information content (AvgIpc) is 2.86. The molecule has 1 aromatic heterocycles. The summed E-state index contributed by atoms with van der Waals surface area (Å²) in [6, 6.07) is 1.58. The second-order valence-corrected chi connectivity index (χ2v) is 9.20. The summed E-state index contributed by atoms with van der Waals surface area (Å²) in [4.78, 5) is 26.5. The Hall–Kier alpha value is -1.61. The standard InChI is InChI=1S/C18H28BrN3O5/c1-17(2,3)26-15(23)21(16(24)27-18(4,5)6)13-11-12(19)20-22(13)14-9-7-8-10-25-14/h11,14H,7-10H2,1-6H3. The van der Waals surface area contributed by atoms with Gasteiger partial charge in [-0.2, -0.15) is 10.00 Å². The summed E-state index contributed by atoms with van der Waals surface area (Å²) in [5.74, 6) is 0.234. The smallest absolute Gasteiger partial charge is 0.425 e. The number of amides is 2. The van der Waals surface area contributed by atoms with E-state index >= 15 is 0 Å². The SMILES string of the molecule is CC(C)(C)OC(=O)N(C(=O)OC(C)(C)C)c1cc(Br)nn1C1CCCCO1. The van der Waals surface area contributed by atoms with Crippen LogP contribution in [-0.4, -0.2) is 39.8 Å². The van der Waals surface area contributed by atoms with Gasteiger partial charge in [-0.25, -0.2) is 14.3 Å². The second kappa shape index (κ2) is 8.18. The molecule has 1 unspecified atom stereocenters. The molecule has 2 amide bonds. The fraction of sp³-hybridized carbons (Fsp3) is 0.722. The number of ether oxygens (including phenoxy) is 3. The monoisotopic (exact) mass is 445 g/mol. The Bertz CT molecular complexity index is 656. The minimum Gasteiger partial charge on any atom is -0.443 e. The van der Waals surface area contributed by atoms with E-state index in [9.17, 15) is 9.59 Å². The number of anilines is 1. The van der Waals surface area contributed by atoms with Gasteiger partial charge in [-0.3, -0.25) is 0 Å². The molecule has 152 valence electrons. The molecule has 1 aliphatic heterocycles. The molecule has 8 nitrogen and oxygen atoms in total. The second-order valence-electron chi connectivity index (χ2n) is 8.39. The van der Waals surface area contributed by atoms with Gasteiger partial charge < -0.3 is 14.2 Å². The number of carbonyl (C=O) groups excluding carboxylic acids is 2. The molecule has 0 N–H and O–H groups in total. The summed E-state index contributed by atoms with van der Waals surface area (Å²) >= 11 is 3.32. The largest absolute Gasteiger partial charge is 0.443 e. The van der Waals surface area contributed by atoms with Crippen LogP contribution in [0.3, 0.4) is 0 Å². The van der Waals surface area contributed by atoms with Crippen molar-refractivity contribution in [2.24, 2.45) is 0 Å². The number of rotatable bonds is 2. The van der Waals surface area contributed by atoms with Gasteiger partial charge in [-0.1, -0.05) is 0 Å². The number of nitrogens with zero attached hydrogens (tertiary/aromatic N) is 3. The van der Waals surface area contributed by atoms with Gasteiger partial charge in [0.15, 0.2) is 12.0 Å². The minimum absolute atomic E-state index is 0.234. The van der Waals surface area contributed by atoms with Crippen molar-refractivity contribution in [3.05, 3.63) is 10.7 Å². The minimum atomic E-state index is -0.832. The van der Waals surface area contributed by atoms with Crippen molar-refractivity contribution in [1.82, 2.24) is 9.78 Å². The summed E-state index contributed by atoms with van der Waals surface area (Å²) in [5.41, 5.74) is -1.55. The third kappa shape index (κ3) is 6.21. The molecule has 1 saturated heterocycles. The van der Waals surface area contributed by atoms with Crippen molar-refractivity contribution in [3.8, 4) is 0 Å². The van der Waals surface area contributed by atoms with Crippen LogP contribution < -0.4 is 4.90 Å². The van der Waals surface area contributed by atoms with Crippen LogP contribution in [0.1, 0.15) is 67.0 Å². The lowest BCUT2D eigenvalue weighted by Crippen LogP contribution is -2.45. The number of hydrogen-bond donors (Lipinski definition) is 0.